The molecule has 0 aliphatic carbocycles. The predicted octanol–water partition coefficient (Wildman–Crippen LogP) is 5.38. The van der Waals surface area contributed by atoms with Gasteiger partial charge in [0, 0.05) is 36.2 Å². The molecule has 0 radical (unpaired) electrons. The van der Waals surface area contributed by atoms with E-state index in [0.717, 1.165) is 22.8 Å². The second-order valence-corrected chi connectivity index (χ2v) is 9.41. The first kappa shape index (κ1) is 21.8. The van der Waals surface area contributed by atoms with Crippen LogP contribution in [0.25, 0.3) is 0 Å². The van der Waals surface area contributed by atoms with Gasteiger partial charge in [-0.25, -0.2) is 4.98 Å². The van der Waals surface area contributed by atoms with Gasteiger partial charge in [-0.1, -0.05) is 39.8 Å². The maximum atomic E-state index is 12.9. The van der Waals surface area contributed by atoms with E-state index in [2.05, 4.69) is 74.5 Å². The van der Waals surface area contributed by atoms with Gasteiger partial charge in [0.15, 0.2) is 5.69 Å². The number of carbonyl (C=O) groups is 1. The topological polar surface area (TPSA) is 64.7 Å². The summed E-state index contributed by atoms with van der Waals surface area (Å²) in [5.74, 6) is 1.50. The van der Waals surface area contributed by atoms with E-state index in [9.17, 15) is 4.79 Å². The first-order valence-corrected chi connectivity index (χ1v) is 10.6. The van der Waals surface area contributed by atoms with Crippen LogP contribution >= 0.6 is 0 Å². The van der Waals surface area contributed by atoms with Gasteiger partial charge in [0.1, 0.15) is 5.82 Å². The number of nitrogens with zero attached hydrogens (tertiary/aromatic N) is 4. The van der Waals surface area contributed by atoms with Gasteiger partial charge in [0.05, 0.1) is 5.54 Å². The molecule has 3 aromatic rings. The lowest BCUT2D eigenvalue weighted by molar-refractivity contribution is 0.102. The molecule has 1 N–H and O–H groups in total. The third kappa shape index (κ3) is 4.81. The number of hydrogen-bond acceptors (Lipinski definition) is 3. The summed E-state index contributed by atoms with van der Waals surface area (Å²) in [6.07, 6.45) is 3.83. The zero-order chi connectivity index (χ0) is 22.1. The molecule has 6 nitrogen and oxygen atoms in total. The fourth-order valence-corrected chi connectivity index (χ4v) is 3.55. The van der Waals surface area contributed by atoms with Crippen LogP contribution in [0, 0.1) is 0 Å². The zero-order valence-corrected chi connectivity index (χ0v) is 19.1. The highest BCUT2D eigenvalue weighted by Gasteiger charge is 2.23. The lowest BCUT2D eigenvalue weighted by Crippen LogP contribution is -2.26. The standard InChI is InChI=1S/C24H33N5O/c1-16(2)21-14-20(27-29(21)24(5,6)7)23(30)26-19-10-8-9-18(13-19)15-28-12-11-25-22(28)17(3)4/h8-14,16-17H,15H2,1-7H3,(H,26,30). The van der Waals surface area contributed by atoms with Gasteiger partial charge in [-0.2, -0.15) is 5.10 Å². The molecule has 1 amide bonds. The third-order valence-electron chi connectivity index (χ3n) is 5.00. The molecule has 3 rings (SSSR count). The van der Waals surface area contributed by atoms with Crippen LogP contribution in [0.3, 0.4) is 0 Å². The highest BCUT2D eigenvalue weighted by Crippen LogP contribution is 2.24. The Hall–Kier alpha value is -2.89. The normalized spacial score (nSPS) is 12.0. The van der Waals surface area contributed by atoms with E-state index in [-0.39, 0.29) is 17.4 Å². The van der Waals surface area contributed by atoms with Crippen LogP contribution in [0.15, 0.2) is 42.7 Å². The number of benzene rings is 1. The average molecular weight is 408 g/mol. The van der Waals surface area contributed by atoms with E-state index in [4.69, 9.17) is 0 Å². The molecule has 0 aliphatic rings. The number of hydrogen-bond donors (Lipinski definition) is 1. The Morgan fingerprint density at radius 3 is 2.43 bits per heavy atom. The van der Waals surface area contributed by atoms with Crippen molar-refractivity contribution in [2.45, 2.75) is 72.4 Å². The average Bonchev–Trinajstić information content (AvgIpc) is 3.28. The summed E-state index contributed by atoms with van der Waals surface area (Å²) >= 11 is 0. The van der Waals surface area contributed by atoms with Gasteiger partial charge in [0.25, 0.3) is 5.91 Å². The fourth-order valence-electron chi connectivity index (χ4n) is 3.55. The summed E-state index contributed by atoms with van der Waals surface area (Å²) in [6, 6.07) is 9.83. The molecule has 2 aromatic heterocycles. The molecule has 0 fully saturated rings. The lowest BCUT2D eigenvalue weighted by Gasteiger charge is -2.23. The quantitative estimate of drug-likeness (QED) is 0.596. The van der Waals surface area contributed by atoms with Gasteiger partial charge in [0.2, 0.25) is 0 Å². The molecule has 160 valence electrons. The van der Waals surface area contributed by atoms with Crippen molar-refractivity contribution in [3.63, 3.8) is 0 Å². The molecule has 1 aromatic carbocycles. The fraction of sp³-hybridized carbons (Fsp3) is 0.458. The Bertz CT molecular complexity index is 1020. The van der Waals surface area contributed by atoms with Crippen molar-refractivity contribution >= 4 is 11.6 Å². The van der Waals surface area contributed by atoms with Crippen LogP contribution in [0.4, 0.5) is 5.69 Å². The maximum Gasteiger partial charge on any atom is 0.276 e. The molecule has 30 heavy (non-hydrogen) atoms. The van der Waals surface area contributed by atoms with Crippen molar-refractivity contribution < 1.29 is 4.79 Å². The minimum atomic E-state index is -0.192. The van der Waals surface area contributed by atoms with E-state index >= 15 is 0 Å². The van der Waals surface area contributed by atoms with Crippen LogP contribution in [0.1, 0.15) is 87.9 Å². The van der Waals surface area contributed by atoms with Crippen molar-refractivity contribution in [2.75, 3.05) is 5.32 Å². The van der Waals surface area contributed by atoms with Crippen LogP contribution in [-0.2, 0) is 12.1 Å². The molecule has 0 spiro atoms. The smallest absolute Gasteiger partial charge is 0.276 e. The van der Waals surface area contributed by atoms with E-state index in [1.165, 1.54) is 0 Å². The van der Waals surface area contributed by atoms with E-state index in [0.29, 0.717) is 18.2 Å². The van der Waals surface area contributed by atoms with Crippen LogP contribution in [0.5, 0.6) is 0 Å². The number of amides is 1. The van der Waals surface area contributed by atoms with Crippen molar-refractivity contribution in [3.05, 3.63) is 65.5 Å². The van der Waals surface area contributed by atoms with Gasteiger partial charge >= 0.3 is 0 Å². The highest BCUT2D eigenvalue weighted by atomic mass is 16.2. The Morgan fingerprint density at radius 2 is 1.83 bits per heavy atom. The number of aromatic nitrogens is 4. The van der Waals surface area contributed by atoms with Crippen molar-refractivity contribution in [1.82, 2.24) is 19.3 Å². The molecule has 0 atom stereocenters. The summed E-state index contributed by atoms with van der Waals surface area (Å²) in [7, 11) is 0. The molecular formula is C24H33N5O. The van der Waals surface area contributed by atoms with E-state index < -0.39 is 0 Å². The highest BCUT2D eigenvalue weighted by molar-refractivity contribution is 6.03. The minimum Gasteiger partial charge on any atom is -0.330 e. The first-order chi connectivity index (χ1) is 14.1. The molecule has 0 aliphatic heterocycles. The van der Waals surface area contributed by atoms with Gasteiger partial charge < -0.3 is 9.88 Å². The first-order valence-electron chi connectivity index (χ1n) is 10.6. The van der Waals surface area contributed by atoms with E-state index in [1.54, 1.807) is 0 Å². The molecule has 0 saturated carbocycles. The Kier molecular flexibility index (Phi) is 6.15. The summed E-state index contributed by atoms with van der Waals surface area (Å²) in [6.45, 7) is 15.5. The number of nitrogens with one attached hydrogen (secondary N) is 1. The van der Waals surface area contributed by atoms with Gasteiger partial charge in [-0.3, -0.25) is 9.48 Å². The predicted molar refractivity (Wildman–Crippen MR) is 121 cm³/mol. The number of rotatable bonds is 6. The lowest BCUT2D eigenvalue weighted by atomic mass is 10.1. The molecule has 6 heteroatoms. The minimum absolute atomic E-state index is 0.184. The van der Waals surface area contributed by atoms with Crippen LogP contribution in [0.2, 0.25) is 0 Å². The molecule has 0 saturated heterocycles. The van der Waals surface area contributed by atoms with Gasteiger partial charge in [-0.05, 0) is 50.5 Å². The second kappa shape index (κ2) is 8.46. The summed E-state index contributed by atoms with van der Waals surface area (Å²) in [5, 5.41) is 7.61. The van der Waals surface area contributed by atoms with Crippen molar-refractivity contribution in [3.8, 4) is 0 Å². The summed E-state index contributed by atoms with van der Waals surface area (Å²) < 4.78 is 4.10. The van der Waals surface area contributed by atoms with Crippen LogP contribution < -0.4 is 5.32 Å². The molecule has 2 heterocycles. The second-order valence-electron chi connectivity index (χ2n) is 9.41. The van der Waals surface area contributed by atoms with Gasteiger partial charge in [-0.15, -0.1) is 0 Å². The summed E-state index contributed by atoms with van der Waals surface area (Å²) in [5.41, 5.74) is 3.19. The Balaban J connectivity index is 1.80. The molecular weight excluding hydrogens is 374 g/mol. The van der Waals surface area contributed by atoms with E-state index in [1.807, 2.05) is 41.3 Å². The number of carbonyl (C=O) groups excluding carboxylic acids is 1. The Labute approximate surface area is 179 Å². The summed E-state index contributed by atoms with van der Waals surface area (Å²) in [4.78, 5) is 17.3. The third-order valence-corrected chi connectivity index (χ3v) is 5.00. The van der Waals surface area contributed by atoms with Crippen LogP contribution in [-0.4, -0.2) is 25.2 Å². The number of imidazole rings is 1. The van der Waals surface area contributed by atoms with Crippen molar-refractivity contribution in [1.29, 1.82) is 0 Å². The zero-order valence-electron chi connectivity index (χ0n) is 19.1. The van der Waals surface area contributed by atoms with Crippen molar-refractivity contribution in [2.24, 2.45) is 0 Å². The number of anilines is 1. The largest absolute Gasteiger partial charge is 0.330 e. The maximum absolute atomic E-state index is 12.9. The monoisotopic (exact) mass is 407 g/mol. The Morgan fingerprint density at radius 1 is 1.10 bits per heavy atom. The molecule has 0 unspecified atom stereocenters. The molecule has 0 bridgehead atoms. The SMILES string of the molecule is CC(C)c1nccn1Cc1cccc(NC(=O)c2cc(C(C)C)n(C(C)(C)C)n2)c1.